The summed E-state index contributed by atoms with van der Waals surface area (Å²) in [6, 6.07) is 15.2. The van der Waals surface area contributed by atoms with Gasteiger partial charge in [0.15, 0.2) is 0 Å². The van der Waals surface area contributed by atoms with E-state index in [1.165, 1.54) is 0 Å². The number of rotatable bonds is 5. The van der Waals surface area contributed by atoms with Crippen LogP contribution in [0.3, 0.4) is 0 Å². The molecule has 0 bridgehead atoms. The average Bonchev–Trinajstić information content (AvgIpc) is 2.71. The maximum atomic E-state index is 14.5. The van der Waals surface area contributed by atoms with E-state index in [0.717, 1.165) is 16.7 Å². The van der Waals surface area contributed by atoms with Crippen molar-refractivity contribution in [2.45, 2.75) is 34.6 Å². The number of halogens is 1. The van der Waals surface area contributed by atoms with Gasteiger partial charge in [-0.05, 0) is 68.5 Å². The van der Waals surface area contributed by atoms with Crippen molar-refractivity contribution in [3.05, 3.63) is 98.6 Å². The van der Waals surface area contributed by atoms with Crippen molar-refractivity contribution in [3.63, 3.8) is 0 Å². The molecular formula is C25H24ClO3P. The summed E-state index contributed by atoms with van der Waals surface area (Å²) in [6.45, 7) is 9.27. The molecule has 0 radical (unpaired) electrons. The molecule has 0 aliphatic rings. The number of benzene rings is 3. The lowest BCUT2D eigenvalue weighted by Gasteiger charge is -2.21. The lowest BCUT2D eigenvalue weighted by atomic mass is 9.95. The molecule has 0 fully saturated rings. The van der Waals surface area contributed by atoms with Crippen LogP contribution in [0.1, 0.15) is 48.5 Å². The first kappa shape index (κ1) is 22.2. The summed E-state index contributed by atoms with van der Waals surface area (Å²) in [6.07, 6.45) is 0. The van der Waals surface area contributed by atoms with Crippen LogP contribution in [0.25, 0.3) is 0 Å². The number of hydrogen-bond donors (Lipinski definition) is 0. The van der Waals surface area contributed by atoms with Crippen molar-refractivity contribution in [2.75, 3.05) is 0 Å². The third kappa shape index (κ3) is 3.57. The molecule has 1 atom stereocenters. The second-order valence-corrected chi connectivity index (χ2v) is 10.6. The Hall–Kier alpha value is -2.48. The molecule has 3 rings (SSSR count). The monoisotopic (exact) mass is 438 g/mol. The number of hydrogen-bond acceptors (Lipinski definition) is 3. The Balaban J connectivity index is 2.34. The summed E-state index contributed by atoms with van der Waals surface area (Å²) in [5.41, 5.74) is 3.16. The van der Waals surface area contributed by atoms with E-state index in [4.69, 9.17) is 11.6 Å². The van der Waals surface area contributed by atoms with E-state index in [9.17, 15) is 14.2 Å². The molecular weight excluding hydrogens is 415 g/mol. The van der Waals surface area contributed by atoms with Gasteiger partial charge in [0.05, 0.1) is 5.02 Å². The molecule has 3 nitrogen and oxygen atoms in total. The summed E-state index contributed by atoms with van der Waals surface area (Å²) in [5, 5.41) is 0.411. The molecule has 5 heteroatoms. The van der Waals surface area contributed by atoms with E-state index in [1.54, 1.807) is 55.5 Å². The van der Waals surface area contributed by atoms with Gasteiger partial charge in [-0.15, -0.1) is 0 Å². The molecule has 0 aromatic heterocycles. The Morgan fingerprint density at radius 3 is 1.90 bits per heavy atom. The van der Waals surface area contributed by atoms with Gasteiger partial charge in [-0.25, -0.2) is 0 Å². The van der Waals surface area contributed by atoms with Gasteiger partial charge in [0.1, 0.15) is 0 Å². The highest BCUT2D eigenvalue weighted by molar-refractivity contribution is 8.01. The minimum atomic E-state index is -4.20. The summed E-state index contributed by atoms with van der Waals surface area (Å²) in [4.78, 5) is 27.6. The van der Waals surface area contributed by atoms with E-state index in [2.05, 4.69) is 0 Å². The van der Waals surface area contributed by atoms with E-state index in [-0.39, 0.29) is 15.9 Å². The van der Waals surface area contributed by atoms with Gasteiger partial charge in [-0.2, -0.15) is 0 Å². The van der Waals surface area contributed by atoms with Gasteiger partial charge >= 0.3 is 0 Å². The fourth-order valence-corrected chi connectivity index (χ4v) is 6.69. The second-order valence-electron chi connectivity index (χ2n) is 7.62. The summed E-state index contributed by atoms with van der Waals surface area (Å²) in [5.74, 6) is 0. The second kappa shape index (κ2) is 8.34. The van der Waals surface area contributed by atoms with E-state index < -0.39 is 18.2 Å². The minimum absolute atomic E-state index is 0.138. The zero-order chi connectivity index (χ0) is 22.2. The Bertz CT molecular complexity index is 1190. The predicted octanol–water partition coefficient (Wildman–Crippen LogP) is 6.55. The maximum absolute atomic E-state index is 14.5. The van der Waals surface area contributed by atoms with Crippen LogP contribution in [0.5, 0.6) is 0 Å². The molecule has 30 heavy (non-hydrogen) atoms. The molecule has 0 spiro atoms. The van der Waals surface area contributed by atoms with Crippen molar-refractivity contribution in [3.8, 4) is 0 Å². The van der Waals surface area contributed by atoms with Crippen molar-refractivity contribution < 1.29 is 14.2 Å². The van der Waals surface area contributed by atoms with Crippen LogP contribution >= 0.6 is 18.7 Å². The Kier molecular flexibility index (Phi) is 6.17. The van der Waals surface area contributed by atoms with Gasteiger partial charge in [0.2, 0.25) is 18.2 Å². The SMILES string of the molecule is Cc1cc(C)c(C(=O)P(=O)(C(=O)c2c(C)cccc2Cl)c2ccccc2)c(C)c1C. The molecule has 0 saturated carbocycles. The van der Waals surface area contributed by atoms with E-state index in [1.807, 2.05) is 33.8 Å². The Morgan fingerprint density at radius 2 is 1.30 bits per heavy atom. The largest absolute Gasteiger partial charge is 0.302 e. The third-order valence-electron chi connectivity index (χ3n) is 5.70. The predicted molar refractivity (Wildman–Crippen MR) is 124 cm³/mol. The highest BCUT2D eigenvalue weighted by Crippen LogP contribution is 2.53. The normalized spacial score (nSPS) is 13.0. The standard InChI is InChI=1S/C25H24ClO3P/c1-15-10-9-13-21(26)23(15)25(28)30(29,20-11-7-6-8-12-20)24(27)22-17(3)14-16(2)18(4)19(22)5/h6-14H,1-5H3. The first-order chi connectivity index (χ1) is 14.1. The quantitative estimate of drug-likeness (QED) is 0.424. The molecule has 0 aliphatic heterocycles. The van der Waals surface area contributed by atoms with Gasteiger partial charge < -0.3 is 4.57 Å². The van der Waals surface area contributed by atoms with Crippen molar-refractivity contribution >= 4 is 35.1 Å². The van der Waals surface area contributed by atoms with Gasteiger partial charge in [0.25, 0.3) is 0 Å². The maximum Gasteiger partial charge on any atom is 0.248 e. The van der Waals surface area contributed by atoms with Crippen LogP contribution < -0.4 is 5.30 Å². The Morgan fingerprint density at radius 1 is 0.700 bits per heavy atom. The van der Waals surface area contributed by atoms with Crippen molar-refractivity contribution in [1.29, 1.82) is 0 Å². The number of aryl methyl sites for hydroxylation is 3. The molecule has 0 N–H and O–H groups in total. The first-order valence-corrected chi connectivity index (χ1v) is 11.8. The van der Waals surface area contributed by atoms with Gasteiger partial charge in [-0.1, -0.05) is 60.1 Å². The first-order valence-electron chi connectivity index (χ1n) is 9.68. The highest BCUT2D eigenvalue weighted by atomic mass is 35.5. The van der Waals surface area contributed by atoms with Crippen LogP contribution in [0, 0.1) is 34.6 Å². The molecule has 0 amide bonds. The van der Waals surface area contributed by atoms with Gasteiger partial charge in [0, 0.05) is 16.4 Å². The van der Waals surface area contributed by atoms with Crippen LogP contribution in [0.4, 0.5) is 0 Å². The zero-order valence-corrected chi connectivity index (χ0v) is 19.4. The molecule has 3 aromatic rings. The molecule has 154 valence electrons. The van der Waals surface area contributed by atoms with Crippen molar-refractivity contribution in [1.82, 2.24) is 0 Å². The van der Waals surface area contributed by atoms with Crippen LogP contribution in [0.15, 0.2) is 54.6 Å². The Labute approximate surface area is 182 Å². The molecule has 0 heterocycles. The topological polar surface area (TPSA) is 51.2 Å². The van der Waals surface area contributed by atoms with E-state index >= 15 is 0 Å². The highest BCUT2D eigenvalue weighted by Gasteiger charge is 2.44. The zero-order valence-electron chi connectivity index (χ0n) is 17.7. The molecule has 0 aliphatic carbocycles. The smallest absolute Gasteiger partial charge is 0.248 e. The fourth-order valence-electron chi connectivity index (χ4n) is 3.80. The van der Waals surface area contributed by atoms with Crippen molar-refractivity contribution in [2.24, 2.45) is 0 Å². The fraction of sp³-hybridized carbons (Fsp3) is 0.200. The molecule has 0 saturated heterocycles. The van der Waals surface area contributed by atoms with Gasteiger partial charge in [-0.3, -0.25) is 9.59 Å². The number of carbonyl (C=O) groups is 2. The van der Waals surface area contributed by atoms with Crippen LogP contribution in [-0.2, 0) is 4.57 Å². The number of carbonyl (C=O) groups excluding carboxylic acids is 2. The van der Waals surface area contributed by atoms with Crippen LogP contribution in [0.2, 0.25) is 5.02 Å². The average molecular weight is 439 g/mol. The molecule has 3 aromatic carbocycles. The lowest BCUT2D eigenvalue weighted by Crippen LogP contribution is -2.22. The third-order valence-corrected chi connectivity index (χ3v) is 8.63. The lowest BCUT2D eigenvalue weighted by molar-refractivity contribution is 0.104. The van der Waals surface area contributed by atoms with E-state index in [0.29, 0.717) is 16.7 Å². The minimum Gasteiger partial charge on any atom is -0.302 e. The summed E-state index contributed by atoms with van der Waals surface area (Å²) < 4.78 is 14.5. The summed E-state index contributed by atoms with van der Waals surface area (Å²) in [7, 11) is -4.20. The molecule has 1 unspecified atom stereocenters. The van der Waals surface area contributed by atoms with Crippen LogP contribution in [-0.4, -0.2) is 11.0 Å². The summed E-state index contributed by atoms with van der Waals surface area (Å²) >= 11 is 6.32.